The van der Waals surface area contributed by atoms with E-state index in [2.05, 4.69) is 32.2 Å². The topological polar surface area (TPSA) is 91.4 Å². The lowest BCUT2D eigenvalue weighted by atomic mass is 10.1. The molecule has 166 valence electrons. The summed E-state index contributed by atoms with van der Waals surface area (Å²) in [5.41, 5.74) is 1.99. The van der Waals surface area contributed by atoms with Gasteiger partial charge in [0.25, 0.3) is 5.56 Å². The Hall–Kier alpha value is -3.52. The zero-order valence-corrected chi connectivity index (χ0v) is 18.2. The second-order valence-electron chi connectivity index (χ2n) is 7.82. The van der Waals surface area contributed by atoms with Crippen LogP contribution in [0.1, 0.15) is 17.7 Å². The molecule has 1 aromatic heterocycles. The van der Waals surface area contributed by atoms with E-state index in [-0.39, 0.29) is 30.0 Å². The molecule has 32 heavy (non-hydrogen) atoms. The summed E-state index contributed by atoms with van der Waals surface area (Å²) in [6.07, 6.45) is 0.520. The number of hydrogen-bond donors (Lipinski definition) is 1. The third kappa shape index (κ3) is 5.39. The third-order valence-corrected chi connectivity index (χ3v) is 5.68. The first-order chi connectivity index (χ1) is 15.6. The highest BCUT2D eigenvalue weighted by atomic mass is 16.5. The van der Waals surface area contributed by atoms with Crippen molar-refractivity contribution in [1.29, 1.82) is 0 Å². The monoisotopic (exact) mass is 433 g/mol. The minimum atomic E-state index is -0.314. The molecular formula is C24H27N5O3. The standard InChI is InChI=1S/C24H27N5O3/c1-32-20-9-7-19(8-10-20)23-25-24(31)21(26-27-23)11-12-22(30)29-15-13-28(14-16-29)17-18-5-3-2-4-6-18/h2-10H,11-17H2,1H3,(H,25,27,31). The summed E-state index contributed by atoms with van der Waals surface area (Å²) >= 11 is 0. The van der Waals surface area contributed by atoms with E-state index in [9.17, 15) is 9.59 Å². The lowest BCUT2D eigenvalue weighted by Crippen LogP contribution is -2.48. The molecule has 0 radical (unpaired) electrons. The van der Waals surface area contributed by atoms with Crippen LogP contribution in [-0.4, -0.2) is 64.2 Å². The molecule has 0 bridgehead atoms. The fraction of sp³-hybridized carbons (Fsp3) is 0.333. The van der Waals surface area contributed by atoms with E-state index < -0.39 is 0 Å². The highest BCUT2D eigenvalue weighted by Crippen LogP contribution is 2.18. The van der Waals surface area contributed by atoms with Crippen LogP contribution < -0.4 is 10.3 Å². The number of amides is 1. The molecule has 0 atom stereocenters. The minimum Gasteiger partial charge on any atom is -0.497 e. The Labute approximate surface area is 186 Å². The lowest BCUT2D eigenvalue weighted by molar-refractivity contribution is -0.133. The van der Waals surface area contributed by atoms with Gasteiger partial charge in [0, 0.05) is 51.1 Å². The van der Waals surface area contributed by atoms with Crippen LogP contribution in [0.2, 0.25) is 0 Å². The van der Waals surface area contributed by atoms with E-state index in [0.717, 1.165) is 30.9 Å². The number of nitrogens with zero attached hydrogens (tertiary/aromatic N) is 4. The van der Waals surface area contributed by atoms with Crippen molar-refractivity contribution in [3.05, 3.63) is 76.2 Å². The molecule has 3 aromatic rings. The SMILES string of the molecule is COc1ccc(-c2nnc(CCC(=O)N3CCN(Cc4ccccc4)CC3)c(=O)[nH]2)cc1. The van der Waals surface area contributed by atoms with Gasteiger partial charge in [0.05, 0.1) is 7.11 Å². The van der Waals surface area contributed by atoms with Crippen molar-refractivity contribution in [2.24, 2.45) is 0 Å². The van der Waals surface area contributed by atoms with Crippen molar-refractivity contribution in [3.63, 3.8) is 0 Å². The van der Waals surface area contributed by atoms with Crippen molar-refractivity contribution in [3.8, 4) is 17.1 Å². The van der Waals surface area contributed by atoms with Gasteiger partial charge >= 0.3 is 0 Å². The summed E-state index contributed by atoms with van der Waals surface area (Å²) in [6.45, 7) is 3.98. The van der Waals surface area contributed by atoms with Crippen LogP contribution in [0.3, 0.4) is 0 Å². The Morgan fingerprint density at radius 2 is 1.72 bits per heavy atom. The molecule has 8 heteroatoms. The molecule has 4 rings (SSSR count). The fourth-order valence-corrected chi connectivity index (χ4v) is 3.78. The first-order valence-electron chi connectivity index (χ1n) is 10.8. The lowest BCUT2D eigenvalue weighted by Gasteiger charge is -2.34. The quantitative estimate of drug-likeness (QED) is 0.614. The van der Waals surface area contributed by atoms with Crippen molar-refractivity contribution in [2.45, 2.75) is 19.4 Å². The molecular weight excluding hydrogens is 406 g/mol. The molecule has 1 amide bonds. The van der Waals surface area contributed by atoms with E-state index in [4.69, 9.17) is 4.74 Å². The number of aromatic nitrogens is 3. The first kappa shape index (κ1) is 21.7. The molecule has 2 heterocycles. The number of methoxy groups -OCH3 is 1. The van der Waals surface area contributed by atoms with Gasteiger partial charge in [0.15, 0.2) is 5.82 Å². The molecule has 2 aromatic carbocycles. The van der Waals surface area contributed by atoms with E-state index in [0.29, 0.717) is 18.9 Å². The molecule has 1 fully saturated rings. The van der Waals surface area contributed by atoms with Crippen molar-refractivity contribution in [1.82, 2.24) is 25.0 Å². The molecule has 0 aliphatic carbocycles. The average Bonchev–Trinajstić information content (AvgIpc) is 2.84. The fourth-order valence-electron chi connectivity index (χ4n) is 3.78. The number of H-pyrrole nitrogens is 1. The summed E-state index contributed by atoms with van der Waals surface area (Å²) in [6, 6.07) is 17.5. The van der Waals surface area contributed by atoms with Gasteiger partial charge in [-0.3, -0.25) is 14.5 Å². The Morgan fingerprint density at radius 1 is 1.00 bits per heavy atom. The zero-order chi connectivity index (χ0) is 22.3. The van der Waals surface area contributed by atoms with Crippen LogP contribution in [0.15, 0.2) is 59.4 Å². The predicted octanol–water partition coefficient (Wildman–Crippen LogP) is 2.12. The second kappa shape index (κ2) is 10.2. The Kier molecular flexibility index (Phi) is 6.91. The number of aryl methyl sites for hydroxylation is 1. The number of aromatic amines is 1. The van der Waals surface area contributed by atoms with Gasteiger partial charge in [-0.05, 0) is 29.8 Å². The average molecular weight is 434 g/mol. The number of carbonyl (C=O) groups excluding carboxylic acids is 1. The summed E-state index contributed by atoms with van der Waals surface area (Å²) < 4.78 is 5.14. The molecule has 1 aliphatic rings. The van der Waals surface area contributed by atoms with Crippen LogP contribution in [0.25, 0.3) is 11.4 Å². The molecule has 1 aliphatic heterocycles. The summed E-state index contributed by atoms with van der Waals surface area (Å²) in [5, 5.41) is 8.20. The van der Waals surface area contributed by atoms with E-state index in [1.54, 1.807) is 31.4 Å². The van der Waals surface area contributed by atoms with Gasteiger partial charge in [0.2, 0.25) is 5.91 Å². The van der Waals surface area contributed by atoms with Crippen LogP contribution in [0.4, 0.5) is 0 Å². The second-order valence-corrected chi connectivity index (χ2v) is 7.82. The summed E-state index contributed by atoms with van der Waals surface area (Å²) in [5.74, 6) is 1.16. The van der Waals surface area contributed by atoms with Crippen molar-refractivity contribution < 1.29 is 9.53 Å². The van der Waals surface area contributed by atoms with Crippen LogP contribution in [0.5, 0.6) is 5.75 Å². The molecule has 0 saturated carbocycles. The number of nitrogens with one attached hydrogen (secondary N) is 1. The van der Waals surface area contributed by atoms with Crippen molar-refractivity contribution in [2.75, 3.05) is 33.3 Å². The number of benzene rings is 2. The molecule has 0 spiro atoms. The number of ether oxygens (including phenoxy) is 1. The van der Waals surface area contributed by atoms with Crippen LogP contribution >= 0.6 is 0 Å². The van der Waals surface area contributed by atoms with E-state index in [1.165, 1.54) is 5.56 Å². The minimum absolute atomic E-state index is 0.0461. The maximum atomic E-state index is 12.6. The Morgan fingerprint density at radius 3 is 2.38 bits per heavy atom. The molecule has 8 nitrogen and oxygen atoms in total. The van der Waals surface area contributed by atoms with Gasteiger partial charge in [0.1, 0.15) is 11.4 Å². The normalized spacial score (nSPS) is 14.3. The van der Waals surface area contributed by atoms with Gasteiger partial charge in [-0.2, -0.15) is 0 Å². The molecule has 1 saturated heterocycles. The smallest absolute Gasteiger partial charge is 0.273 e. The van der Waals surface area contributed by atoms with Gasteiger partial charge in [-0.15, -0.1) is 10.2 Å². The number of hydrogen-bond acceptors (Lipinski definition) is 6. The number of rotatable bonds is 7. The Balaban J connectivity index is 1.28. The predicted molar refractivity (Wildman–Crippen MR) is 121 cm³/mol. The maximum Gasteiger partial charge on any atom is 0.273 e. The summed E-state index contributed by atoms with van der Waals surface area (Å²) in [7, 11) is 1.59. The van der Waals surface area contributed by atoms with Gasteiger partial charge in [-0.1, -0.05) is 30.3 Å². The largest absolute Gasteiger partial charge is 0.497 e. The highest BCUT2D eigenvalue weighted by Gasteiger charge is 2.21. The molecule has 1 N–H and O–H groups in total. The van der Waals surface area contributed by atoms with Gasteiger partial charge < -0.3 is 14.6 Å². The van der Waals surface area contributed by atoms with Crippen LogP contribution in [-0.2, 0) is 17.8 Å². The maximum absolute atomic E-state index is 12.6. The summed E-state index contributed by atoms with van der Waals surface area (Å²) in [4.78, 5) is 32.0. The van der Waals surface area contributed by atoms with Gasteiger partial charge in [-0.25, -0.2) is 0 Å². The first-order valence-corrected chi connectivity index (χ1v) is 10.8. The highest BCUT2D eigenvalue weighted by molar-refractivity contribution is 5.76. The van der Waals surface area contributed by atoms with E-state index in [1.807, 2.05) is 23.1 Å². The number of carbonyl (C=O) groups is 1. The van der Waals surface area contributed by atoms with Crippen molar-refractivity contribution >= 4 is 5.91 Å². The molecule has 0 unspecified atom stereocenters. The third-order valence-electron chi connectivity index (χ3n) is 5.68. The zero-order valence-electron chi connectivity index (χ0n) is 18.2. The Bertz CT molecular complexity index is 1090. The van der Waals surface area contributed by atoms with Crippen LogP contribution in [0, 0.1) is 0 Å². The van der Waals surface area contributed by atoms with E-state index >= 15 is 0 Å². The number of piperazine rings is 1.